The van der Waals surface area contributed by atoms with E-state index in [-0.39, 0.29) is 11.3 Å². The number of ether oxygens (including phenoxy) is 1. The first-order chi connectivity index (χ1) is 10.5. The smallest absolute Gasteiger partial charge is 0.339 e. The first kappa shape index (κ1) is 15.5. The van der Waals surface area contributed by atoms with Gasteiger partial charge >= 0.3 is 5.97 Å². The van der Waals surface area contributed by atoms with Crippen LogP contribution in [0.1, 0.15) is 22.8 Å². The van der Waals surface area contributed by atoms with E-state index in [1.54, 1.807) is 37.3 Å². The number of aryl methyl sites for hydroxylation is 1. The lowest BCUT2D eigenvalue weighted by atomic mass is 10.1. The molecule has 0 radical (unpaired) electrons. The number of aromatic hydroxyl groups is 1. The Morgan fingerprint density at radius 2 is 1.77 bits per heavy atom. The molecule has 0 amide bonds. The predicted molar refractivity (Wildman–Crippen MR) is 81.6 cm³/mol. The van der Waals surface area contributed by atoms with E-state index in [4.69, 9.17) is 9.84 Å². The van der Waals surface area contributed by atoms with E-state index in [0.717, 1.165) is 5.75 Å². The number of aromatic carboxylic acids is 1. The maximum absolute atomic E-state index is 11.1. The Labute approximate surface area is 127 Å². The molecule has 0 aliphatic rings. The molecule has 114 valence electrons. The Kier molecular flexibility index (Phi) is 4.73. The Morgan fingerprint density at radius 1 is 1.14 bits per heavy atom. The van der Waals surface area contributed by atoms with Crippen molar-refractivity contribution in [2.24, 2.45) is 10.2 Å². The Balaban J connectivity index is 2.24. The fourth-order valence-corrected chi connectivity index (χ4v) is 1.87. The predicted octanol–water partition coefficient (Wildman–Crippen LogP) is 4.21. The van der Waals surface area contributed by atoms with Gasteiger partial charge in [0.25, 0.3) is 0 Å². The van der Waals surface area contributed by atoms with Crippen LogP contribution >= 0.6 is 0 Å². The SMILES string of the molecule is CCOc1ccc(N=Nc2cc(C)c(O)c(C(=O)O)c2)cc1. The van der Waals surface area contributed by atoms with Gasteiger partial charge in [-0.05, 0) is 55.8 Å². The monoisotopic (exact) mass is 300 g/mol. The average Bonchev–Trinajstić information content (AvgIpc) is 2.49. The molecule has 0 saturated carbocycles. The number of carboxylic acids is 1. The molecule has 0 fully saturated rings. The highest BCUT2D eigenvalue weighted by molar-refractivity contribution is 5.92. The second-order valence-corrected chi connectivity index (χ2v) is 4.59. The van der Waals surface area contributed by atoms with Crippen molar-refractivity contribution in [3.8, 4) is 11.5 Å². The highest BCUT2D eigenvalue weighted by Crippen LogP contribution is 2.29. The quantitative estimate of drug-likeness (QED) is 0.809. The topological polar surface area (TPSA) is 91.5 Å². The van der Waals surface area contributed by atoms with Gasteiger partial charge < -0.3 is 14.9 Å². The minimum Gasteiger partial charge on any atom is -0.507 e. The molecule has 2 N–H and O–H groups in total. The number of hydrogen-bond acceptors (Lipinski definition) is 5. The van der Waals surface area contributed by atoms with Crippen LogP contribution in [0.2, 0.25) is 0 Å². The lowest BCUT2D eigenvalue weighted by Gasteiger charge is -2.04. The highest BCUT2D eigenvalue weighted by atomic mass is 16.5. The van der Waals surface area contributed by atoms with Crippen LogP contribution in [0.3, 0.4) is 0 Å². The summed E-state index contributed by atoms with van der Waals surface area (Å²) in [5.74, 6) is -0.721. The van der Waals surface area contributed by atoms with Crippen molar-refractivity contribution in [1.29, 1.82) is 0 Å². The van der Waals surface area contributed by atoms with Gasteiger partial charge in [-0.25, -0.2) is 4.79 Å². The number of azo groups is 1. The summed E-state index contributed by atoms with van der Waals surface area (Å²) in [6.07, 6.45) is 0. The minimum absolute atomic E-state index is 0.194. The minimum atomic E-state index is -1.21. The molecule has 6 nitrogen and oxygen atoms in total. The molecule has 0 aromatic heterocycles. The van der Waals surface area contributed by atoms with Gasteiger partial charge in [-0.1, -0.05) is 0 Å². The molecule has 0 atom stereocenters. The third kappa shape index (κ3) is 3.60. The van der Waals surface area contributed by atoms with Crippen molar-refractivity contribution in [1.82, 2.24) is 0 Å². The van der Waals surface area contributed by atoms with E-state index in [1.165, 1.54) is 6.07 Å². The molecule has 0 bridgehead atoms. The fourth-order valence-electron chi connectivity index (χ4n) is 1.87. The summed E-state index contributed by atoms with van der Waals surface area (Å²) in [6, 6.07) is 9.91. The summed E-state index contributed by atoms with van der Waals surface area (Å²) in [6.45, 7) is 4.10. The van der Waals surface area contributed by atoms with Crippen LogP contribution < -0.4 is 4.74 Å². The lowest BCUT2D eigenvalue weighted by molar-refractivity contribution is 0.0693. The molecule has 6 heteroatoms. The van der Waals surface area contributed by atoms with Crippen molar-refractivity contribution in [3.63, 3.8) is 0 Å². The van der Waals surface area contributed by atoms with Gasteiger partial charge in [0.1, 0.15) is 17.1 Å². The first-order valence-electron chi connectivity index (χ1n) is 6.72. The van der Waals surface area contributed by atoms with Crippen molar-refractivity contribution < 1.29 is 19.7 Å². The van der Waals surface area contributed by atoms with E-state index >= 15 is 0 Å². The zero-order valence-electron chi connectivity index (χ0n) is 12.3. The summed E-state index contributed by atoms with van der Waals surface area (Å²) in [7, 11) is 0. The number of benzene rings is 2. The number of carboxylic acid groups (broad SMARTS) is 1. The van der Waals surface area contributed by atoms with Crippen LogP contribution in [0.15, 0.2) is 46.6 Å². The largest absolute Gasteiger partial charge is 0.507 e. The van der Waals surface area contributed by atoms with E-state index in [2.05, 4.69) is 10.2 Å². The second kappa shape index (κ2) is 6.71. The number of hydrogen-bond donors (Lipinski definition) is 2. The molecule has 2 aromatic carbocycles. The van der Waals surface area contributed by atoms with Gasteiger partial charge in [0.15, 0.2) is 0 Å². The van der Waals surface area contributed by atoms with Crippen LogP contribution in [0.4, 0.5) is 11.4 Å². The van der Waals surface area contributed by atoms with Gasteiger partial charge in [-0.3, -0.25) is 0 Å². The van der Waals surface area contributed by atoms with Gasteiger partial charge in [-0.15, -0.1) is 0 Å². The standard InChI is InChI=1S/C16H16N2O4/c1-3-22-13-6-4-11(5-7-13)17-18-12-8-10(2)15(19)14(9-12)16(20)21/h4-9,19H,3H2,1-2H3,(H,20,21). The average molecular weight is 300 g/mol. The summed E-state index contributed by atoms with van der Waals surface area (Å²) >= 11 is 0. The van der Waals surface area contributed by atoms with E-state index in [9.17, 15) is 9.90 Å². The second-order valence-electron chi connectivity index (χ2n) is 4.59. The first-order valence-corrected chi connectivity index (χ1v) is 6.72. The fraction of sp³-hybridized carbons (Fsp3) is 0.188. The van der Waals surface area contributed by atoms with Crippen LogP contribution in [0.25, 0.3) is 0 Å². The number of phenols is 1. The van der Waals surface area contributed by atoms with Crippen molar-refractivity contribution in [3.05, 3.63) is 47.5 Å². The van der Waals surface area contributed by atoms with E-state index in [1.807, 2.05) is 6.92 Å². The van der Waals surface area contributed by atoms with Gasteiger partial charge in [-0.2, -0.15) is 10.2 Å². The van der Waals surface area contributed by atoms with E-state index in [0.29, 0.717) is 23.5 Å². The normalized spacial score (nSPS) is 10.8. The molecule has 0 unspecified atom stereocenters. The molecule has 0 spiro atoms. The molecular weight excluding hydrogens is 284 g/mol. The summed E-state index contributed by atoms with van der Waals surface area (Å²) in [4.78, 5) is 11.1. The third-order valence-electron chi connectivity index (χ3n) is 2.94. The maximum Gasteiger partial charge on any atom is 0.339 e. The highest BCUT2D eigenvalue weighted by Gasteiger charge is 2.13. The summed E-state index contributed by atoms with van der Waals surface area (Å²) in [5, 5.41) is 26.8. The lowest BCUT2D eigenvalue weighted by Crippen LogP contribution is -1.97. The van der Waals surface area contributed by atoms with Crippen molar-refractivity contribution in [2.75, 3.05) is 6.61 Å². The van der Waals surface area contributed by atoms with Gasteiger partial charge in [0.05, 0.1) is 18.0 Å². The van der Waals surface area contributed by atoms with Crippen LogP contribution in [0.5, 0.6) is 11.5 Å². The molecule has 2 aromatic rings. The zero-order chi connectivity index (χ0) is 16.1. The van der Waals surface area contributed by atoms with Crippen molar-refractivity contribution in [2.45, 2.75) is 13.8 Å². The molecule has 0 saturated heterocycles. The molecule has 0 heterocycles. The number of rotatable bonds is 5. The number of nitrogens with zero attached hydrogens (tertiary/aromatic N) is 2. The zero-order valence-corrected chi connectivity index (χ0v) is 12.3. The van der Waals surface area contributed by atoms with Gasteiger partial charge in [0.2, 0.25) is 0 Å². The van der Waals surface area contributed by atoms with Gasteiger partial charge in [0, 0.05) is 0 Å². The van der Waals surface area contributed by atoms with Crippen LogP contribution in [-0.4, -0.2) is 22.8 Å². The summed E-state index contributed by atoms with van der Waals surface area (Å²) < 4.78 is 5.33. The van der Waals surface area contributed by atoms with Crippen LogP contribution in [-0.2, 0) is 0 Å². The Bertz CT molecular complexity index is 709. The van der Waals surface area contributed by atoms with E-state index < -0.39 is 5.97 Å². The number of carbonyl (C=O) groups is 1. The molecular formula is C16H16N2O4. The summed E-state index contributed by atoms with van der Waals surface area (Å²) in [5.41, 5.74) is 1.22. The molecule has 22 heavy (non-hydrogen) atoms. The Morgan fingerprint density at radius 3 is 2.36 bits per heavy atom. The Hall–Kier alpha value is -2.89. The molecule has 0 aliphatic heterocycles. The van der Waals surface area contributed by atoms with Crippen molar-refractivity contribution >= 4 is 17.3 Å². The molecule has 0 aliphatic carbocycles. The third-order valence-corrected chi connectivity index (χ3v) is 2.94. The molecule has 2 rings (SSSR count). The maximum atomic E-state index is 11.1. The van der Waals surface area contributed by atoms with Crippen LogP contribution in [0, 0.1) is 6.92 Å².